The van der Waals surface area contributed by atoms with E-state index in [1.165, 1.54) is 25.1 Å². The van der Waals surface area contributed by atoms with Gasteiger partial charge in [0.2, 0.25) is 5.88 Å². The van der Waals surface area contributed by atoms with Gasteiger partial charge in [-0.15, -0.1) is 0 Å². The number of nitro groups is 1. The van der Waals surface area contributed by atoms with E-state index in [9.17, 15) is 39.1 Å². The fraction of sp³-hybridized carbons (Fsp3) is 0.423. The van der Waals surface area contributed by atoms with Crippen molar-refractivity contribution in [3.05, 3.63) is 64.4 Å². The molecule has 2 aliphatic rings. The van der Waals surface area contributed by atoms with Gasteiger partial charge in [-0.3, -0.25) is 19.7 Å². The number of nitrogens with zero attached hydrogens (tertiary/aromatic N) is 4. The van der Waals surface area contributed by atoms with Gasteiger partial charge >= 0.3 is 18.0 Å². The molecule has 41 heavy (non-hydrogen) atoms. The lowest BCUT2D eigenvalue weighted by Crippen LogP contribution is -2.45. The van der Waals surface area contributed by atoms with E-state index in [0.29, 0.717) is 12.0 Å². The lowest BCUT2D eigenvalue weighted by atomic mass is 9.64. The Hall–Kier alpha value is -4.66. The first-order valence-corrected chi connectivity index (χ1v) is 12.6. The number of hydrogen-bond donors (Lipinski definition) is 4. The fourth-order valence-electron chi connectivity index (χ4n) is 4.79. The number of rotatable bonds is 8. The molecule has 2 amide bonds. The molecule has 2 heterocycles. The van der Waals surface area contributed by atoms with Crippen LogP contribution in [0.4, 0.5) is 14.9 Å². The molecule has 15 heteroatoms. The maximum absolute atomic E-state index is 14.1. The number of ether oxygens (including phenoxy) is 1. The summed E-state index contributed by atoms with van der Waals surface area (Å²) in [6, 6.07) is 3.55. The molecule has 1 fully saturated rings. The van der Waals surface area contributed by atoms with Gasteiger partial charge in [0.1, 0.15) is 11.7 Å². The van der Waals surface area contributed by atoms with E-state index >= 15 is 0 Å². The zero-order valence-corrected chi connectivity index (χ0v) is 22.4. The molecular weight excluding hydrogens is 543 g/mol. The number of halogens is 1. The van der Waals surface area contributed by atoms with Crippen LogP contribution in [-0.2, 0) is 15.0 Å². The number of nitrogens with two attached hydrogens (primary N) is 1. The summed E-state index contributed by atoms with van der Waals surface area (Å²) in [4.78, 5) is 54.2. The minimum absolute atomic E-state index is 0.000792. The summed E-state index contributed by atoms with van der Waals surface area (Å²) < 4.78 is 19.4. The molecule has 3 atom stereocenters. The van der Waals surface area contributed by atoms with Crippen molar-refractivity contribution < 1.29 is 38.6 Å². The molecular formula is C26H31FN6O8. The van der Waals surface area contributed by atoms with Crippen LogP contribution < -0.4 is 15.8 Å². The summed E-state index contributed by atoms with van der Waals surface area (Å²) in [5, 5.41) is 32.8. The van der Waals surface area contributed by atoms with Gasteiger partial charge < -0.3 is 30.9 Å². The predicted molar refractivity (Wildman–Crippen MR) is 142 cm³/mol. The number of nitro benzene ring substituents is 1. The summed E-state index contributed by atoms with van der Waals surface area (Å²) in [6.45, 7) is 4.33. The van der Waals surface area contributed by atoms with Crippen molar-refractivity contribution in [2.24, 2.45) is 17.1 Å². The normalized spacial score (nSPS) is 23.6. The first kappa shape index (κ1) is 30.9. The molecule has 0 radical (unpaired) electrons. The highest BCUT2D eigenvalue weighted by Crippen LogP contribution is 2.45. The number of hydrogen-bond acceptors (Lipinski definition) is 9. The number of carboxylic acids is 2. The third-order valence-corrected chi connectivity index (χ3v) is 7.05. The largest absolute Gasteiger partial charge is 0.481 e. The van der Waals surface area contributed by atoms with Crippen LogP contribution in [-0.4, -0.2) is 74.7 Å². The van der Waals surface area contributed by atoms with Crippen molar-refractivity contribution in [3.8, 4) is 11.6 Å². The van der Waals surface area contributed by atoms with Crippen molar-refractivity contribution in [2.45, 2.75) is 31.6 Å². The average molecular weight is 575 g/mol. The Balaban J connectivity index is 0.000000352. The fourth-order valence-corrected chi connectivity index (χ4v) is 4.79. The van der Waals surface area contributed by atoms with Crippen LogP contribution in [0.1, 0.15) is 31.9 Å². The number of carboxylic acid groups (broad SMARTS) is 2. The second-order valence-electron chi connectivity index (χ2n) is 10.3. The minimum Gasteiger partial charge on any atom is -0.481 e. The molecule has 1 aliphatic heterocycles. The highest BCUT2D eigenvalue weighted by atomic mass is 19.1. The van der Waals surface area contributed by atoms with Gasteiger partial charge in [-0.2, -0.15) is 0 Å². The van der Waals surface area contributed by atoms with Crippen LogP contribution in [0.2, 0.25) is 0 Å². The van der Waals surface area contributed by atoms with Gasteiger partial charge in [0.25, 0.3) is 5.69 Å². The Morgan fingerprint density at radius 2 is 2.00 bits per heavy atom. The number of nitrogens with one attached hydrogen (secondary N) is 1. The standard InChI is InChI=1S/C19H16FN3O7.C7H15N3O/c1-18(16(24)25)5-2-6-19(9-18,17(26)27)14-8-15(22-10-21-14)30-13-4-3-11(23(28)29)7-12(13)20;1-10-3-2-6(5-10)4-9-7(8)11/h2-5,7-8,10H,6,9H2,1H3,(H,24,25)(H,26,27);6H,2-5H2,1H3,(H3,8,9,11)/t;6-/m.0/s1. The summed E-state index contributed by atoms with van der Waals surface area (Å²) in [7, 11) is 2.09. The zero-order chi connectivity index (χ0) is 30.4. The maximum Gasteiger partial charge on any atom is 0.316 e. The Bertz CT molecular complexity index is 1360. The van der Waals surface area contributed by atoms with Gasteiger partial charge in [-0.05, 0) is 51.8 Å². The minimum atomic E-state index is -1.66. The van der Waals surface area contributed by atoms with Crippen molar-refractivity contribution >= 4 is 23.7 Å². The van der Waals surface area contributed by atoms with E-state index in [1.54, 1.807) is 0 Å². The summed E-state index contributed by atoms with van der Waals surface area (Å²) in [6.07, 6.45) is 4.84. The highest BCUT2D eigenvalue weighted by Gasteiger charge is 2.51. The lowest BCUT2D eigenvalue weighted by molar-refractivity contribution is -0.385. The second kappa shape index (κ2) is 12.7. The molecule has 14 nitrogen and oxygen atoms in total. The number of likely N-dealkylation sites (tertiary alicyclic amines) is 1. The number of aliphatic carboxylic acids is 2. The number of carbonyl (C=O) groups excluding carboxylic acids is 1. The van der Waals surface area contributed by atoms with Crippen molar-refractivity contribution in [2.75, 3.05) is 26.7 Å². The number of benzene rings is 1. The van der Waals surface area contributed by atoms with E-state index in [2.05, 4.69) is 27.2 Å². The molecule has 5 N–H and O–H groups in total. The van der Waals surface area contributed by atoms with Crippen molar-refractivity contribution in [3.63, 3.8) is 0 Å². The number of aromatic nitrogens is 2. The Morgan fingerprint density at radius 1 is 1.27 bits per heavy atom. The third-order valence-electron chi connectivity index (χ3n) is 7.05. The van der Waals surface area contributed by atoms with E-state index in [4.69, 9.17) is 10.5 Å². The molecule has 0 saturated carbocycles. The lowest BCUT2D eigenvalue weighted by Gasteiger charge is -2.37. The molecule has 1 saturated heterocycles. The number of amides is 2. The molecule has 2 aromatic rings. The number of carbonyl (C=O) groups is 3. The molecule has 0 bridgehead atoms. The number of primary amides is 1. The first-order chi connectivity index (χ1) is 19.3. The maximum atomic E-state index is 14.1. The van der Waals surface area contributed by atoms with Crippen LogP contribution >= 0.6 is 0 Å². The van der Waals surface area contributed by atoms with Gasteiger partial charge in [-0.1, -0.05) is 12.2 Å². The van der Waals surface area contributed by atoms with Crippen LogP contribution in [0, 0.1) is 27.3 Å². The van der Waals surface area contributed by atoms with Gasteiger partial charge in [0.05, 0.1) is 22.1 Å². The zero-order valence-electron chi connectivity index (χ0n) is 22.4. The van der Waals surface area contributed by atoms with Gasteiger partial charge in [-0.25, -0.2) is 19.2 Å². The average Bonchev–Trinajstić information content (AvgIpc) is 3.34. The highest BCUT2D eigenvalue weighted by molar-refractivity contribution is 5.85. The monoisotopic (exact) mass is 574 g/mol. The molecule has 0 spiro atoms. The van der Waals surface area contributed by atoms with E-state index in [1.807, 2.05) is 0 Å². The molecule has 1 aliphatic carbocycles. The van der Waals surface area contributed by atoms with Crippen LogP contribution in [0.5, 0.6) is 11.6 Å². The SMILES string of the molecule is CC1(C(=O)O)C=CCC(C(=O)O)(c2cc(Oc3ccc([N+](=O)[O-])cc3F)ncn2)C1.CN1CC[C@@H](CNC(N)=O)C1. The number of non-ortho nitro benzene ring substituents is 1. The smallest absolute Gasteiger partial charge is 0.316 e. The summed E-state index contributed by atoms with van der Waals surface area (Å²) in [5.41, 5.74) is 1.40. The van der Waals surface area contributed by atoms with Crippen molar-refractivity contribution in [1.29, 1.82) is 0 Å². The van der Waals surface area contributed by atoms with E-state index in [-0.39, 0.29) is 30.2 Å². The second-order valence-corrected chi connectivity index (χ2v) is 10.3. The molecule has 220 valence electrons. The summed E-state index contributed by atoms with van der Waals surface area (Å²) >= 11 is 0. The van der Waals surface area contributed by atoms with Crippen LogP contribution in [0.3, 0.4) is 0 Å². The van der Waals surface area contributed by atoms with E-state index < -0.39 is 45.2 Å². The third kappa shape index (κ3) is 7.51. The Morgan fingerprint density at radius 3 is 2.56 bits per heavy atom. The van der Waals surface area contributed by atoms with E-state index in [0.717, 1.165) is 44.5 Å². The Kier molecular flexibility index (Phi) is 9.55. The Labute approximate surface area is 234 Å². The van der Waals surface area contributed by atoms with Crippen LogP contribution in [0.15, 0.2) is 42.7 Å². The first-order valence-electron chi connectivity index (χ1n) is 12.6. The number of urea groups is 1. The molecule has 4 rings (SSSR count). The van der Waals surface area contributed by atoms with Crippen molar-refractivity contribution in [1.82, 2.24) is 20.2 Å². The molecule has 1 aromatic carbocycles. The quantitative estimate of drug-likeness (QED) is 0.204. The topological polar surface area (TPSA) is 211 Å². The molecule has 2 unspecified atom stereocenters. The number of allylic oxidation sites excluding steroid dienone is 1. The van der Waals surface area contributed by atoms with Crippen LogP contribution in [0.25, 0.3) is 0 Å². The van der Waals surface area contributed by atoms with Gasteiger partial charge in [0.15, 0.2) is 11.6 Å². The summed E-state index contributed by atoms with van der Waals surface area (Å²) in [5.74, 6) is -3.41. The predicted octanol–water partition coefficient (Wildman–Crippen LogP) is 2.69. The molecule has 1 aromatic heterocycles. The van der Waals surface area contributed by atoms with Gasteiger partial charge in [0, 0.05) is 25.2 Å².